The number of hydrogen-bond acceptors (Lipinski definition) is 4. The molecule has 3 aliphatic rings. The van der Waals surface area contributed by atoms with Crippen LogP contribution in [0.25, 0.3) is 0 Å². The van der Waals surface area contributed by atoms with Crippen LogP contribution in [0.1, 0.15) is 55.8 Å². The van der Waals surface area contributed by atoms with Crippen LogP contribution < -0.4 is 11.1 Å². The molecule has 1 aromatic rings. The predicted octanol–water partition coefficient (Wildman–Crippen LogP) is 3.36. The van der Waals surface area contributed by atoms with Gasteiger partial charge in [-0.1, -0.05) is 30.4 Å². The third kappa shape index (κ3) is 4.50. The van der Waals surface area contributed by atoms with Gasteiger partial charge < -0.3 is 11.1 Å². The summed E-state index contributed by atoms with van der Waals surface area (Å²) in [7, 11) is 0. The van der Waals surface area contributed by atoms with Gasteiger partial charge in [-0.25, -0.2) is 0 Å². The third-order valence-corrected chi connectivity index (χ3v) is 6.49. The summed E-state index contributed by atoms with van der Waals surface area (Å²) in [6.07, 6.45) is 19.6. The maximum Gasteiger partial charge on any atom is 0.0607 e. The number of hydrogen-bond donors (Lipinski definition) is 2. The van der Waals surface area contributed by atoms with Gasteiger partial charge in [0.15, 0.2) is 0 Å². The van der Waals surface area contributed by atoms with E-state index < -0.39 is 0 Å². The number of nitrogens with zero attached hydrogens (tertiary/aromatic N) is 2. The van der Waals surface area contributed by atoms with Crippen molar-refractivity contribution in [2.75, 3.05) is 19.6 Å². The number of nitrogens with one attached hydrogen (secondary N) is 1. The molecule has 0 aromatic carbocycles. The summed E-state index contributed by atoms with van der Waals surface area (Å²) >= 11 is 0. The fourth-order valence-electron chi connectivity index (χ4n) is 5.06. The molecule has 1 fully saturated rings. The Balaban J connectivity index is 1.46. The van der Waals surface area contributed by atoms with Gasteiger partial charge in [-0.05, 0) is 75.6 Å². The standard InChI is InChI=1S/C23H34N4/c24-14-3-4-16-27(22-11-5-8-19-9-6-15-25-23(19)22)17-20-13-12-18-7-1-2-10-21(18)26-20/h1-2,6-7,9-10,15,18,20-22,26H,3-5,8,11-14,16-17,24H2/t18?,20-,21?,22+/m1/s1. The SMILES string of the molecule is NCCCCN(C[C@H]1CCC2C=CC=CC2N1)[C@H]1CCCc2cccnc21. The fraction of sp³-hybridized carbons (Fsp3) is 0.609. The summed E-state index contributed by atoms with van der Waals surface area (Å²) in [6, 6.07) is 5.90. The summed E-state index contributed by atoms with van der Waals surface area (Å²) in [5.41, 5.74) is 8.55. The Morgan fingerprint density at radius 3 is 3.00 bits per heavy atom. The smallest absolute Gasteiger partial charge is 0.0607 e. The molecule has 146 valence electrons. The summed E-state index contributed by atoms with van der Waals surface area (Å²) in [6.45, 7) is 3.03. The first kappa shape index (κ1) is 18.9. The van der Waals surface area contributed by atoms with Gasteiger partial charge in [-0.2, -0.15) is 0 Å². The minimum atomic E-state index is 0.467. The van der Waals surface area contributed by atoms with Crippen molar-refractivity contribution in [3.05, 3.63) is 53.9 Å². The van der Waals surface area contributed by atoms with E-state index in [-0.39, 0.29) is 0 Å². The van der Waals surface area contributed by atoms with E-state index in [0.29, 0.717) is 24.0 Å². The molecule has 2 unspecified atom stereocenters. The average molecular weight is 367 g/mol. The molecule has 4 heteroatoms. The highest BCUT2D eigenvalue weighted by atomic mass is 15.2. The monoisotopic (exact) mass is 366 g/mol. The zero-order valence-corrected chi connectivity index (χ0v) is 16.4. The van der Waals surface area contributed by atoms with Crippen molar-refractivity contribution in [3.63, 3.8) is 0 Å². The number of aromatic nitrogens is 1. The first-order valence-corrected chi connectivity index (χ1v) is 10.8. The molecule has 27 heavy (non-hydrogen) atoms. The van der Waals surface area contributed by atoms with Crippen LogP contribution in [0.4, 0.5) is 0 Å². The van der Waals surface area contributed by atoms with Gasteiger partial charge in [0.25, 0.3) is 0 Å². The molecule has 3 N–H and O–H groups in total. The molecule has 0 saturated carbocycles. The molecule has 0 radical (unpaired) electrons. The van der Waals surface area contributed by atoms with Crippen LogP contribution in [0.3, 0.4) is 0 Å². The maximum absolute atomic E-state index is 5.77. The molecule has 2 aliphatic carbocycles. The molecule has 1 saturated heterocycles. The molecule has 2 heterocycles. The lowest BCUT2D eigenvalue weighted by molar-refractivity contribution is 0.136. The van der Waals surface area contributed by atoms with E-state index in [2.05, 4.69) is 46.7 Å². The number of fused-ring (bicyclic) bond motifs is 2. The lowest BCUT2D eigenvalue weighted by atomic mass is 9.84. The number of pyridine rings is 1. The first-order chi connectivity index (χ1) is 13.3. The largest absolute Gasteiger partial charge is 0.330 e. The second kappa shape index (κ2) is 9.13. The Bertz CT molecular complexity index is 668. The first-order valence-electron chi connectivity index (χ1n) is 10.8. The maximum atomic E-state index is 5.77. The lowest BCUT2D eigenvalue weighted by Crippen LogP contribution is -2.52. The van der Waals surface area contributed by atoms with E-state index >= 15 is 0 Å². The van der Waals surface area contributed by atoms with Crippen molar-refractivity contribution in [2.45, 2.75) is 63.1 Å². The highest BCUT2D eigenvalue weighted by Crippen LogP contribution is 2.34. The molecule has 4 atom stereocenters. The second-order valence-corrected chi connectivity index (χ2v) is 8.35. The van der Waals surface area contributed by atoms with Crippen LogP contribution in [-0.4, -0.2) is 41.6 Å². The van der Waals surface area contributed by atoms with E-state index in [4.69, 9.17) is 10.7 Å². The number of aryl methyl sites for hydroxylation is 1. The zero-order valence-electron chi connectivity index (χ0n) is 16.4. The van der Waals surface area contributed by atoms with Crippen molar-refractivity contribution in [3.8, 4) is 0 Å². The highest BCUT2D eigenvalue weighted by Gasteiger charge is 2.32. The number of piperidine rings is 1. The van der Waals surface area contributed by atoms with Crippen LogP contribution in [-0.2, 0) is 6.42 Å². The Labute approximate surface area is 163 Å². The Kier molecular flexibility index (Phi) is 6.38. The molecule has 0 spiro atoms. The topological polar surface area (TPSA) is 54.2 Å². The summed E-state index contributed by atoms with van der Waals surface area (Å²) in [5, 5.41) is 3.91. The molecule has 1 aliphatic heterocycles. The summed E-state index contributed by atoms with van der Waals surface area (Å²) in [4.78, 5) is 7.51. The highest BCUT2D eigenvalue weighted by molar-refractivity contribution is 5.26. The zero-order chi connectivity index (χ0) is 18.5. The molecule has 4 nitrogen and oxygen atoms in total. The molecule has 4 rings (SSSR count). The minimum Gasteiger partial charge on any atom is -0.330 e. The van der Waals surface area contributed by atoms with Gasteiger partial charge in [-0.3, -0.25) is 9.88 Å². The van der Waals surface area contributed by atoms with E-state index in [9.17, 15) is 0 Å². The van der Waals surface area contributed by atoms with Gasteiger partial charge in [0.05, 0.1) is 11.7 Å². The van der Waals surface area contributed by atoms with Gasteiger partial charge in [-0.15, -0.1) is 0 Å². The van der Waals surface area contributed by atoms with Crippen LogP contribution in [0.15, 0.2) is 42.6 Å². The summed E-state index contributed by atoms with van der Waals surface area (Å²) in [5.74, 6) is 0.675. The van der Waals surface area contributed by atoms with Gasteiger partial charge in [0.2, 0.25) is 0 Å². The van der Waals surface area contributed by atoms with Crippen molar-refractivity contribution in [2.24, 2.45) is 11.7 Å². The van der Waals surface area contributed by atoms with E-state index in [1.807, 2.05) is 6.20 Å². The molecule has 0 bridgehead atoms. The molecular weight excluding hydrogens is 332 g/mol. The Hall–Kier alpha value is -1.49. The van der Waals surface area contributed by atoms with Crippen molar-refractivity contribution < 1.29 is 0 Å². The number of rotatable bonds is 7. The Morgan fingerprint density at radius 1 is 1.15 bits per heavy atom. The van der Waals surface area contributed by atoms with Crippen LogP contribution in [0.5, 0.6) is 0 Å². The van der Waals surface area contributed by atoms with Crippen molar-refractivity contribution >= 4 is 0 Å². The number of unbranched alkanes of at least 4 members (excludes halogenated alkanes) is 1. The lowest BCUT2D eigenvalue weighted by Gasteiger charge is -2.41. The quantitative estimate of drug-likeness (QED) is 0.727. The third-order valence-electron chi connectivity index (χ3n) is 6.49. The summed E-state index contributed by atoms with van der Waals surface area (Å²) < 4.78 is 0. The van der Waals surface area contributed by atoms with Crippen LogP contribution >= 0.6 is 0 Å². The van der Waals surface area contributed by atoms with Crippen molar-refractivity contribution in [1.82, 2.24) is 15.2 Å². The predicted molar refractivity (Wildman–Crippen MR) is 111 cm³/mol. The molecule has 0 amide bonds. The van der Waals surface area contributed by atoms with Gasteiger partial charge >= 0.3 is 0 Å². The van der Waals surface area contributed by atoms with Crippen molar-refractivity contribution in [1.29, 1.82) is 0 Å². The Morgan fingerprint density at radius 2 is 2.07 bits per heavy atom. The van der Waals surface area contributed by atoms with E-state index in [0.717, 1.165) is 26.1 Å². The normalized spacial score (nSPS) is 29.6. The molecule has 1 aromatic heterocycles. The van der Waals surface area contributed by atoms with E-state index in [1.165, 1.54) is 49.8 Å². The van der Waals surface area contributed by atoms with Crippen LogP contribution in [0, 0.1) is 5.92 Å². The van der Waals surface area contributed by atoms with E-state index in [1.54, 1.807) is 0 Å². The van der Waals surface area contributed by atoms with Crippen LogP contribution in [0.2, 0.25) is 0 Å². The minimum absolute atomic E-state index is 0.467. The van der Waals surface area contributed by atoms with Gasteiger partial charge in [0.1, 0.15) is 0 Å². The second-order valence-electron chi connectivity index (χ2n) is 8.35. The fourth-order valence-corrected chi connectivity index (χ4v) is 5.06. The molecular formula is C23H34N4. The number of nitrogens with two attached hydrogens (primary N) is 1. The number of allylic oxidation sites excluding steroid dienone is 2. The van der Waals surface area contributed by atoms with Gasteiger partial charge in [0, 0.05) is 24.8 Å². The average Bonchev–Trinajstić information content (AvgIpc) is 2.73.